The molecule has 0 bridgehead atoms. The zero-order valence-corrected chi connectivity index (χ0v) is 15.0. The van der Waals surface area contributed by atoms with E-state index in [4.69, 9.17) is 5.11 Å². The fraction of sp³-hybridized carbons (Fsp3) is 0.333. The minimum Gasteiger partial charge on any atom is -0.392 e. The molecule has 2 aromatic rings. The first kappa shape index (κ1) is 18.4. The van der Waals surface area contributed by atoms with E-state index in [2.05, 4.69) is 5.32 Å². The van der Waals surface area contributed by atoms with Crippen molar-refractivity contribution >= 4 is 15.7 Å². The van der Waals surface area contributed by atoms with Crippen LogP contribution in [0.25, 0.3) is 0 Å². The van der Waals surface area contributed by atoms with Gasteiger partial charge in [0.2, 0.25) is 10.0 Å². The number of aliphatic hydroxyl groups is 1. The van der Waals surface area contributed by atoms with E-state index in [0.717, 1.165) is 16.8 Å². The summed E-state index contributed by atoms with van der Waals surface area (Å²) in [6, 6.07) is 14.4. The molecule has 0 unspecified atom stereocenters. The number of nitrogens with one attached hydrogen (secondary N) is 1. The highest BCUT2D eigenvalue weighted by Gasteiger charge is 2.22. The van der Waals surface area contributed by atoms with Crippen LogP contribution in [-0.4, -0.2) is 30.9 Å². The maximum atomic E-state index is 12.4. The summed E-state index contributed by atoms with van der Waals surface area (Å²) in [4.78, 5) is 0.288. The monoisotopic (exact) mass is 348 g/mol. The summed E-state index contributed by atoms with van der Waals surface area (Å²) >= 11 is 0. The van der Waals surface area contributed by atoms with Gasteiger partial charge in [-0.3, -0.25) is 0 Å². The lowest BCUT2D eigenvalue weighted by Gasteiger charge is -2.21. The number of benzene rings is 2. The van der Waals surface area contributed by atoms with Gasteiger partial charge >= 0.3 is 0 Å². The molecule has 0 atom stereocenters. The smallest absolute Gasteiger partial charge is 0.243 e. The second kappa shape index (κ2) is 7.79. The second-order valence-corrected chi connectivity index (χ2v) is 7.97. The molecule has 0 spiro atoms. The number of rotatable bonds is 7. The average molecular weight is 348 g/mol. The molecule has 0 aromatic heterocycles. The lowest BCUT2D eigenvalue weighted by molar-refractivity contribution is 0.282. The van der Waals surface area contributed by atoms with Gasteiger partial charge in [-0.15, -0.1) is 0 Å². The Morgan fingerprint density at radius 3 is 2.04 bits per heavy atom. The van der Waals surface area contributed by atoms with E-state index >= 15 is 0 Å². The highest BCUT2D eigenvalue weighted by molar-refractivity contribution is 7.89. The Morgan fingerprint density at radius 2 is 1.54 bits per heavy atom. The second-order valence-electron chi connectivity index (χ2n) is 5.97. The fourth-order valence-corrected chi connectivity index (χ4v) is 3.52. The molecule has 5 nitrogen and oxygen atoms in total. The lowest BCUT2D eigenvalue weighted by Crippen LogP contribution is -2.33. The lowest BCUT2D eigenvalue weighted by atomic mass is 10.1. The van der Waals surface area contributed by atoms with Gasteiger partial charge in [-0.05, 0) is 49.2 Å². The highest BCUT2D eigenvalue weighted by atomic mass is 32.2. The number of hydrogen-bond donors (Lipinski definition) is 2. The molecule has 0 aliphatic rings. The Hall–Kier alpha value is -1.89. The molecular formula is C18H24N2O3S. The van der Waals surface area contributed by atoms with Gasteiger partial charge in [0, 0.05) is 25.3 Å². The van der Waals surface area contributed by atoms with Crippen LogP contribution in [-0.2, 0) is 23.2 Å². The number of sulfonamides is 1. The van der Waals surface area contributed by atoms with Crippen molar-refractivity contribution in [3.8, 4) is 0 Å². The summed E-state index contributed by atoms with van der Waals surface area (Å²) in [6.45, 7) is 4.35. The third kappa shape index (κ3) is 4.35. The first-order valence-electron chi connectivity index (χ1n) is 7.85. The van der Waals surface area contributed by atoms with Crippen molar-refractivity contribution in [1.29, 1.82) is 0 Å². The fourth-order valence-electron chi connectivity index (χ4n) is 2.16. The molecule has 6 heteroatoms. The standard InChI is InChI=1S/C18H24N2O3S/c1-14(2)20(3)24(22,23)18-10-8-17(9-11-18)19-12-15-4-6-16(13-21)7-5-15/h4-11,14,19,21H,12-13H2,1-3H3. The molecule has 0 radical (unpaired) electrons. The van der Waals surface area contributed by atoms with Gasteiger partial charge in [-0.25, -0.2) is 8.42 Å². The third-order valence-electron chi connectivity index (χ3n) is 3.96. The summed E-state index contributed by atoms with van der Waals surface area (Å²) in [6.07, 6.45) is 0. The van der Waals surface area contributed by atoms with Crippen LogP contribution >= 0.6 is 0 Å². The van der Waals surface area contributed by atoms with E-state index in [1.807, 2.05) is 38.1 Å². The Labute approximate surface area is 144 Å². The van der Waals surface area contributed by atoms with E-state index in [9.17, 15) is 8.42 Å². The van der Waals surface area contributed by atoms with E-state index < -0.39 is 10.0 Å². The summed E-state index contributed by atoms with van der Waals surface area (Å²) in [5.41, 5.74) is 2.82. The molecule has 2 aromatic carbocycles. The Morgan fingerprint density at radius 1 is 1.00 bits per heavy atom. The molecular weight excluding hydrogens is 324 g/mol. The zero-order chi connectivity index (χ0) is 17.7. The first-order chi connectivity index (χ1) is 11.3. The Bertz CT molecular complexity index is 754. The van der Waals surface area contributed by atoms with Crippen molar-refractivity contribution in [2.45, 2.75) is 37.9 Å². The van der Waals surface area contributed by atoms with Crippen molar-refractivity contribution in [3.63, 3.8) is 0 Å². The highest BCUT2D eigenvalue weighted by Crippen LogP contribution is 2.19. The topological polar surface area (TPSA) is 69.6 Å². The summed E-state index contributed by atoms with van der Waals surface area (Å²) in [5.74, 6) is 0. The van der Waals surface area contributed by atoms with E-state index in [1.165, 1.54) is 4.31 Å². The molecule has 0 heterocycles. The van der Waals surface area contributed by atoms with Gasteiger partial charge in [0.1, 0.15) is 0 Å². The maximum Gasteiger partial charge on any atom is 0.243 e. The van der Waals surface area contributed by atoms with Gasteiger partial charge in [-0.2, -0.15) is 4.31 Å². The number of hydrogen-bond acceptors (Lipinski definition) is 4. The summed E-state index contributed by atoms with van der Waals surface area (Å²) in [7, 11) is -1.86. The van der Waals surface area contributed by atoms with Crippen LogP contribution in [0.15, 0.2) is 53.4 Å². The van der Waals surface area contributed by atoms with E-state index in [1.54, 1.807) is 31.3 Å². The van der Waals surface area contributed by atoms with Crippen LogP contribution in [0, 0.1) is 0 Å². The molecule has 0 aliphatic heterocycles. The molecule has 24 heavy (non-hydrogen) atoms. The summed E-state index contributed by atoms with van der Waals surface area (Å²) < 4.78 is 26.2. The molecule has 130 valence electrons. The molecule has 0 saturated heterocycles. The van der Waals surface area contributed by atoms with Crippen molar-refractivity contribution in [2.75, 3.05) is 12.4 Å². The van der Waals surface area contributed by atoms with Crippen LogP contribution in [0.4, 0.5) is 5.69 Å². The van der Waals surface area contributed by atoms with Crippen molar-refractivity contribution in [1.82, 2.24) is 4.31 Å². The van der Waals surface area contributed by atoms with Crippen molar-refractivity contribution in [3.05, 3.63) is 59.7 Å². The molecule has 0 aliphatic carbocycles. The number of nitrogens with zero attached hydrogens (tertiary/aromatic N) is 1. The number of anilines is 1. The van der Waals surface area contributed by atoms with E-state index in [0.29, 0.717) is 6.54 Å². The van der Waals surface area contributed by atoms with Crippen molar-refractivity contribution < 1.29 is 13.5 Å². The van der Waals surface area contributed by atoms with Gasteiger partial charge in [0.15, 0.2) is 0 Å². The molecule has 2 N–H and O–H groups in total. The van der Waals surface area contributed by atoms with Crippen LogP contribution in [0.1, 0.15) is 25.0 Å². The zero-order valence-electron chi connectivity index (χ0n) is 14.2. The predicted octanol–water partition coefficient (Wildman–Crippen LogP) is 2.82. The van der Waals surface area contributed by atoms with Crippen LogP contribution in [0.5, 0.6) is 0 Å². The van der Waals surface area contributed by atoms with Crippen LogP contribution < -0.4 is 5.32 Å². The van der Waals surface area contributed by atoms with Crippen molar-refractivity contribution in [2.24, 2.45) is 0 Å². The molecule has 0 amide bonds. The first-order valence-corrected chi connectivity index (χ1v) is 9.29. The quantitative estimate of drug-likeness (QED) is 0.807. The minimum atomic E-state index is -3.45. The van der Waals surface area contributed by atoms with E-state index in [-0.39, 0.29) is 17.5 Å². The van der Waals surface area contributed by atoms with Gasteiger partial charge < -0.3 is 10.4 Å². The normalized spacial score (nSPS) is 11.9. The SMILES string of the molecule is CC(C)N(C)S(=O)(=O)c1ccc(NCc2ccc(CO)cc2)cc1. The Balaban J connectivity index is 2.04. The van der Waals surface area contributed by atoms with Crippen LogP contribution in [0.2, 0.25) is 0 Å². The average Bonchev–Trinajstić information content (AvgIpc) is 2.60. The molecule has 0 fully saturated rings. The predicted molar refractivity (Wildman–Crippen MR) is 96.2 cm³/mol. The maximum absolute atomic E-state index is 12.4. The van der Waals surface area contributed by atoms with Gasteiger partial charge in [-0.1, -0.05) is 24.3 Å². The largest absolute Gasteiger partial charge is 0.392 e. The molecule has 2 rings (SSSR count). The van der Waals surface area contributed by atoms with Gasteiger partial charge in [0.25, 0.3) is 0 Å². The van der Waals surface area contributed by atoms with Gasteiger partial charge in [0.05, 0.1) is 11.5 Å². The minimum absolute atomic E-state index is 0.0362. The summed E-state index contributed by atoms with van der Waals surface area (Å²) in [5, 5.41) is 12.3. The third-order valence-corrected chi connectivity index (χ3v) is 6.01. The Kier molecular flexibility index (Phi) is 5.99. The van der Waals surface area contributed by atoms with Crippen LogP contribution in [0.3, 0.4) is 0 Å². The molecule has 0 saturated carbocycles. The number of aliphatic hydroxyl groups excluding tert-OH is 1.